The van der Waals surface area contributed by atoms with E-state index in [1.807, 2.05) is 84.3 Å². The summed E-state index contributed by atoms with van der Waals surface area (Å²) >= 11 is 0. The minimum atomic E-state index is -0.232. The normalized spacial score (nSPS) is 9.82. The van der Waals surface area contributed by atoms with Crippen molar-refractivity contribution in [1.29, 1.82) is 0 Å². The molecule has 1 aromatic heterocycles. The molecule has 0 aliphatic heterocycles. The fourth-order valence-corrected chi connectivity index (χ4v) is 4.28. The van der Waals surface area contributed by atoms with Gasteiger partial charge in [0.05, 0.1) is 11.5 Å². The van der Waals surface area contributed by atoms with E-state index in [-0.39, 0.29) is 5.82 Å². The maximum Gasteiger partial charge on any atom is 0.131 e. The molecule has 6 heteroatoms. The molecule has 5 nitrogen and oxygen atoms in total. The molecule has 0 radical (unpaired) electrons. The van der Waals surface area contributed by atoms with Crippen molar-refractivity contribution in [2.75, 3.05) is 20.6 Å². The van der Waals surface area contributed by atoms with Gasteiger partial charge in [0.25, 0.3) is 0 Å². The van der Waals surface area contributed by atoms with E-state index < -0.39 is 0 Å². The number of nitrogens with zero attached hydrogens (tertiary/aromatic N) is 2. The first-order valence-corrected chi connectivity index (χ1v) is 17.6. The maximum absolute atomic E-state index is 14.7. The van der Waals surface area contributed by atoms with Gasteiger partial charge in [-0.2, -0.15) is 0 Å². The number of aromatic nitrogens is 1. The highest BCUT2D eigenvalue weighted by atomic mass is 19.1. The van der Waals surface area contributed by atoms with Crippen LogP contribution in [-0.2, 0) is 12.8 Å². The van der Waals surface area contributed by atoms with Gasteiger partial charge in [0.15, 0.2) is 0 Å². The zero-order valence-corrected chi connectivity index (χ0v) is 32.9. The van der Waals surface area contributed by atoms with E-state index in [0.29, 0.717) is 11.4 Å². The molecule has 0 atom stereocenters. The van der Waals surface area contributed by atoms with E-state index in [2.05, 4.69) is 86.5 Å². The van der Waals surface area contributed by atoms with Gasteiger partial charge >= 0.3 is 0 Å². The Morgan fingerprint density at radius 1 is 0.816 bits per heavy atom. The zero-order chi connectivity index (χ0) is 37.9. The second-order valence-electron chi connectivity index (χ2n) is 11.1. The van der Waals surface area contributed by atoms with Crippen LogP contribution in [-0.4, -0.2) is 31.5 Å². The summed E-state index contributed by atoms with van der Waals surface area (Å²) in [4.78, 5) is 9.02. The maximum atomic E-state index is 14.7. The SMILES string of the molecule is C=C(C)c1cc(-c2cnc(CC)c(-c3ccc(C)cc3F)c2)ccc1N=C(C)N.CC.CCC.CCNC.CCc1cccc(C)c1.CN. The molecule has 0 bridgehead atoms. The molecule has 0 aliphatic carbocycles. The standard InChI is InChI=1S/C25H26FN3.C9H12.C3H9N.C3H8.C2H6.CH5N/c1-6-24-22(20-9-7-16(4)11-23(20)26)13-19(14-28-24)18-8-10-25(29-17(5)27)21(12-18)15(2)3;1-3-9-6-4-5-8(2)7-9;1-3-4-2;1-3-2;2*1-2/h7-14H,2,6H2,1,3-5H3,(H2,27,29);4-7H,3H2,1-2H3;4H,3H2,1-2H3;3H2,1-2H3;1-2H3;2H2,1H3. The zero-order valence-electron chi connectivity index (χ0n) is 32.9. The number of hydrogen-bond donors (Lipinski definition) is 3. The lowest BCUT2D eigenvalue weighted by atomic mass is 9.95. The van der Waals surface area contributed by atoms with E-state index in [1.165, 1.54) is 24.6 Å². The fourth-order valence-electron chi connectivity index (χ4n) is 4.28. The molecule has 0 saturated carbocycles. The number of nitrogens with one attached hydrogen (secondary N) is 1. The van der Waals surface area contributed by atoms with E-state index >= 15 is 0 Å². The Morgan fingerprint density at radius 3 is 1.86 bits per heavy atom. The van der Waals surface area contributed by atoms with E-state index in [9.17, 15) is 4.39 Å². The summed E-state index contributed by atoms with van der Waals surface area (Å²) in [6, 6.07) is 21.9. The lowest BCUT2D eigenvalue weighted by Gasteiger charge is -2.13. The number of pyridine rings is 1. The van der Waals surface area contributed by atoms with Gasteiger partial charge in [-0.3, -0.25) is 4.98 Å². The number of benzene rings is 3. The van der Waals surface area contributed by atoms with Crippen LogP contribution in [0, 0.1) is 19.7 Å². The van der Waals surface area contributed by atoms with E-state index in [1.54, 1.807) is 13.0 Å². The monoisotopic (exact) mass is 672 g/mol. The quantitative estimate of drug-likeness (QED) is 0.135. The minimum Gasteiger partial charge on any atom is -0.387 e. The van der Waals surface area contributed by atoms with Crippen LogP contribution in [0.4, 0.5) is 10.1 Å². The number of halogens is 1. The molecule has 0 aliphatic rings. The molecule has 4 aromatic rings. The van der Waals surface area contributed by atoms with Gasteiger partial charge in [-0.1, -0.05) is 109 Å². The number of aryl methyl sites for hydroxylation is 4. The summed E-state index contributed by atoms with van der Waals surface area (Å²) in [5.74, 6) is 0.260. The lowest BCUT2D eigenvalue weighted by molar-refractivity contribution is 0.630. The molecule has 49 heavy (non-hydrogen) atoms. The minimum absolute atomic E-state index is 0.232. The summed E-state index contributed by atoms with van der Waals surface area (Å²) in [5.41, 5.74) is 20.7. The van der Waals surface area contributed by atoms with Crippen molar-refractivity contribution in [1.82, 2.24) is 10.3 Å². The Bertz CT molecular complexity index is 1520. The van der Waals surface area contributed by atoms with Crippen molar-refractivity contribution in [3.63, 3.8) is 0 Å². The first kappa shape index (κ1) is 47.0. The van der Waals surface area contributed by atoms with Crippen LogP contribution in [0.15, 0.2) is 84.5 Å². The average molecular weight is 672 g/mol. The molecule has 0 unspecified atom stereocenters. The van der Waals surface area contributed by atoms with Crippen molar-refractivity contribution >= 4 is 17.1 Å². The van der Waals surface area contributed by atoms with E-state index in [0.717, 1.165) is 64.2 Å². The Morgan fingerprint density at radius 2 is 1.41 bits per heavy atom. The predicted octanol–water partition coefficient (Wildman–Crippen LogP) is 11.3. The molecule has 0 fully saturated rings. The van der Waals surface area contributed by atoms with Crippen LogP contribution in [0.3, 0.4) is 0 Å². The smallest absolute Gasteiger partial charge is 0.131 e. The van der Waals surface area contributed by atoms with E-state index in [4.69, 9.17) is 5.73 Å². The topological polar surface area (TPSA) is 89.3 Å². The third kappa shape index (κ3) is 17.7. The fraction of sp³-hybridized carbons (Fsp3) is 0.395. The Labute approximate surface area is 299 Å². The highest BCUT2D eigenvalue weighted by Crippen LogP contribution is 2.34. The number of allylic oxidation sites excluding steroid dienone is 1. The molecule has 0 amide bonds. The van der Waals surface area contributed by atoms with Gasteiger partial charge in [-0.25, -0.2) is 9.38 Å². The van der Waals surface area contributed by atoms with Crippen LogP contribution in [0.5, 0.6) is 0 Å². The van der Waals surface area contributed by atoms with Crippen molar-refractivity contribution in [2.24, 2.45) is 16.5 Å². The Hall–Kier alpha value is -4.13. The molecule has 0 saturated heterocycles. The average Bonchev–Trinajstić information content (AvgIpc) is 3.10. The molecular formula is C43H66FN5. The van der Waals surface area contributed by atoms with Crippen molar-refractivity contribution in [3.8, 4) is 22.3 Å². The third-order valence-electron chi connectivity index (χ3n) is 6.65. The molecule has 1 heterocycles. The third-order valence-corrected chi connectivity index (χ3v) is 6.65. The van der Waals surface area contributed by atoms with Gasteiger partial charge in [-0.05, 0) is 108 Å². The summed E-state index contributed by atoms with van der Waals surface area (Å²) in [6.07, 6.45) is 4.95. The number of nitrogens with two attached hydrogens (primary N) is 2. The predicted molar refractivity (Wildman–Crippen MR) is 218 cm³/mol. The van der Waals surface area contributed by atoms with Crippen LogP contribution in [0.2, 0.25) is 0 Å². The Balaban J connectivity index is 0. The van der Waals surface area contributed by atoms with Crippen LogP contribution < -0.4 is 16.8 Å². The van der Waals surface area contributed by atoms with Crippen molar-refractivity contribution in [3.05, 3.63) is 113 Å². The first-order chi connectivity index (χ1) is 23.4. The van der Waals surface area contributed by atoms with Gasteiger partial charge in [-0.15, -0.1) is 0 Å². The second kappa shape index (κ2) is 27.8. The van der Waals surface area contributed by atoms with Gasteiger partial charge < -0.3 is 16.8 Å². The highest BCUT2D eigenvalue weighted by molar-refractivity contribution is 5.85. The molecule has 5 N–H and O–H groups in total. The van der Waals surface area contributed by atoms with Gasteiger partial charge in [0.1, 0.15) is 5.82 Å². The summed E-state index contributed by atoms with van der Waals surface area (Å²) in [7, 11) is 3.43. The Kier molecular flexibility index (Phi) is 26.6. The summed E-state index contributed by atoms with van der Waals surface area (Å²) in [5, 5.41) is 2.93. The van der Waals surface area contributed by atoms with Crippen molar-refractivity contribution < 1.29 is 4.39 Å². The number of rotatable bonds is 7. The van der Waals surface area contributed by atoms with Gasteiger partial charge in [0, 0.05) is 34.1 Å². The molecule has 270 valence electrons. The largest absolute Gasteiger partial charge is 0.387 e. The van der Waals surface area contributed by atoms with Crippen LogP contribution >= 0.6 is 0 Å². The number of amidine groups is 1. The first-order valence-electron chi connectivity index (χ1n) is 17.6. The van der Waals surface area contributed by atoms with Gasteiger partial charge in [0.2, 0.25) is 0 Å². The van der Waals surface area contributed by atoms with Crippen LogP contribution in [0.25, 0.3) is 27.8 Å². The number of hydrogen-bond acceptors (Lipinski definition) is 4. The molecular weight excluding hydrogens is 606 g/mol. The highest BCUT2D eigenvalue weighted by Gasteiger charge is 2.13. The van der Waals surface area contributed by atoms with Crippen LogP contribution in [0.1, 0.15) is 96.7 Å². The molecule has 4 rings (SSSR count). The molecule has 3 aromatic carbocycles. The lowest BCUT2D eigenvalue weighted by Crippen LogP contribution is -2.04. The second-order valence-corrected chi connectivity index (χ2v) is 11.1. The summed E-state index contributed by atoms with van der Waals surface area (Å²) in [6.45, 7) is 27.4. The number of aliphatic imine (C=N–C) groups is 1. The van der Waals surface area contributed by atoms with Crippen molar-refractivity contribution in [2.45, 2.75) is 95.4 Å². The summed E-state index contributed by atoms with van der Waals surface area (Å²) < 4.78 is 14.7. The molecule has 0 spiro atoms.